The zero-order valence-electron chi connectivity index (χ0n) is 49.6. The fourth-order valence-electron chi connectivity index (χ4n) is 10.8. The van der Waals surface area contributed by atoms with Crippen molar-refractivity contribution >= 4 is 131 Å². The normalized spacial score (nSPS) is 12.0. The number of H-pyrrole nitrogens is 2. The number of nitrogens with one attached hydrogen (secondary N) is 5. The van der Waals surface area contributed by atoms with Crippen molar-refractivity contribution < 1.29 is 33.8 Å². The van der Waals surface area contributed by atoms with Crippen molar-refractivity contribution in [3.8, 4) is 5.75 Å². The van der Waals surface area contributed by atoms with Crippen LogP contribution < -0.4 is 31.5 Å². The minimum absolute atomic E-state index is 0.0161. The third kappa shape index (κ3) is 13.7. The number of ketones is 2. The van der Waals surface area contributed by atoms with Crippen molar-refractivity contribution in [3.05, 3.63) is 262 Å². The predicted octanol–water partition coefficient (Wildman–Crippen LogP) is 15.4. The van der Waals surface area contributed by atoms with E-state index in [1.54, 1.807) is 6.92 Å². The summed E-state index contributed by atoms with van der Waals surface area (Å²) < 4.78 is 3.27. The number of carboxylic acids is 1. The molecule has 89 heavy (non-hydrogen) atoms. The summed E-state index contributed by atoms with van der Waals surface area (Å²) in [5.74, 6) is -1.39. The number of aromatic carboxylic acids is 1. The van der Waals surface area contributed by atoms with Crippen LogP contribution in [0.3, 0.4) is 0 Å². The summed E-state index contributed by atoms with van der Waals surface area (Å²) in [4.78, 5) is 92.0. The molecule has 13 rings (SSSR count). The molecule has 0 unspecified atom stereocenters. The third-order valence-corrected chi connectivity index (χ3v) is 15.9. The van der Waals surface area contributed by atoms with Gasteiger partial charge in [0.05, 0.1) is 28.0 Å². The first kappa shape index (κ1) is 62.2. The van der Waals surface area contributed by atoms with Gasteiger partial charge < -0.3 is 35.8 Å². The predicted molar refractivity (Wildman–Crippen MR) is 356 cm³/mol. The largest absolute Gasteiger partial charge is 0.478 e. The maximum atomic E-state index is 13.0. The molecule has 2 aliphatic rings. The molecule has 2 heterocycles. The Balaban J connectivity index is 0.000000138. The number of aromatic nitrogens is 2. The highest BCUT2D eigenvalue weighted by atomic mass is 35.6. The van der Waals surface area contributed by atoms with Crippen LogP contribution in [0.1, 0.15) is 105 Å². The number of benzene rings is 9. The number of carbonyl (C=O) groups excluding carboxylic acids is 4. The Labute approximate surface area is 526 Å². The van der Waals surface area contributed by atoms with Crippen LogP contribution in [0.4, 0.5) is 22.7 Å². The minimum Gasteiger partial charge on any atom is -0.478 e. The lowest BCUT2D eigenvalue weighted by atomic mass is 9.83. The van der Waals surface area contributed by atoms with Gasteiger partial charge in [-0.15, -0.1) is 0 Å². The molecule has 0 saturated heterocycles. The third-order valence-electron chi connectivity index (χ3n) is 15.4. The standard InChI is InChI=1S/2C23H17NO2.C22H20N2O4.C4H6Cl3NO/c2*1-12-3-5-14-9-15-10-19-21(11-17(15)22(25)16(14)7-12)24-20-6-4-13(2)8-18(20)23(19)26;1-14-3-7-16(8-4-14)23-19-12-21(28-13-25)20(11-18(19)22(26)27)24-17-9-5-15(2)6-10-17;1-2-8-3(9)4(5,6)7/h2*3-8,10-11H,9H2,1-2H3,(H,24,26);3-13,23-24H,1-2H3,(H,26,27);2H2,1H3,(H,8,9). The first-order valence-corrected chi connectivity index (χ1v) is 29.6. The fraction of sp³-hybridized carbons (Fsp3) is 0.153. The number of carbonyl (C=O) groups is 5. The van der Waals surface area contributed by atoms with Gasteiger partial charge in [-0.2, -0.15) is 0 Å². The van der Waals surface area contributed by atoms with Crippen molar-refractivity contribution in [2.75, 3.05) is 17.2 Å². The van der Waals surface area contributed by atoms with E-state index in [4.69, 9.17) is 39.5 Å². The Morgan fingerprint density at radius 1 is 0.494 bits per heavy atom. The Hall–Kier alpha value is -9.86. The summed E-state index contributed by atoms with van der Waals surface area (Å²) in [5.41, 5.74) is 18.6. The summed E-state index contributed by atoms with van der Waals surface area (Å²) in [6.07, 6.45) is 1.36. The lowest BCUT2D eigenvalue weighted by Crippen LogP contribution is -2.34. The molecule has 0 spiro atoms. The molecule has 0 radical (unpaired) electrons. The Bertz CT molecular complexity index is 4610. The van der Waals surface area contributed by atoms with E-state index >= 15 is 0 Å². The quantitative estimate of drug-likeness (QED) is 0.0478. The van der Waals surface area contributed by atoms with Gasteiger partial charge in [0.1, 0.15) is 0 Å². The highest BCUT2D eigenvalue weighted by molar-refractivity contribution is 6.76. The number of anilines is 4. The number of rotatable bonds is 8. The molecule has 11 aromatic rings. The smallest absolute Gasteiger partial charge is 0.337 e. The van der Waals surface area contributed by atoms with Gasteiger partial charge in [-0.05, 0) is 175 Å². The number of pyridine rings is 2. The minimum atomic E-state index is -1.82. The van der Waals surface area contributed by atoms with Gasteiger partial charge in [-0.3, -0.25) is 28.8 Å². The van der Waals surface area contributed by atoms with E-state index in [-0.39, 0.29) is 33.7 Å². The monoisotopic (exact) mass is 1240 g/mol. The van der Waals surface area contributed by atoms with E-state index in [0.717, 1.165) is 100 Å². The van der Waals surface area contributed by atoms with Crippen LogP contribution in [0.15, 0.2) is 167 Å². The van der Waals surface area contributed by atoms with Gasteiger partial charge in [0, 0.05) is 78.8 Å². The van der Waals surface area contributed by atoms with Gasteiger partial charge in [-0.25, -0.2) is 4.79 Å². The zero-order chi connectivity index (χ0) is 63.6. The molecule has 17 heteroatoms. The summed E-state index contributed by atoms with van der Waals surface area (Å²) >= 11 is 15.5. The molecule has 0 aliphatic heterocycles. The van der Waals surface area contributed by atoms with Crippen LogP contribution >= 0.6 is 34.8 Å². The number of alkyl halides is 3. The van der Waals surface area contributed by atoms with Crippen molar-refractivity contribution in [1.29, 1.82) is 0 Å². The van der Waals surface area contributed by atoms with E-state index in [9.17, 15) is 38.7 Å². The summed E-state index contributed by atoms with van der Waals surface area (Å²) in [6.45, 7) is 14.4. The number of halogens is 3. The van der Waals surface area contributed by atoms with Gasteiger partial charge in [0.25, 0.3) is 16.2 Å². The second-order valence-corrected chi connectivity index (χ2v) is 24.5. The fourth-order valence-corrected chi connectivity index (χ4v) is 11.0. The second kappa shape index (κ2) is 25.8. The van der Waals surface area contributed by atoms with E-state index in [1.165, 1.54) is 12.1 Å². The maximum Gasteiger partial charge on any atom is 0.337 e. The number of ether oxygens (including phenoxy) is 1. The van der Waals surface area contributed by atoms with Crippen molar-refractivity contribution in [2.24, 2.45) is 0 Å². The van der Waals surface area contributed by atoms with Gasteiger partial charge >= 0.3 is 5.97 Å². The molecule has 9 aromatic carbocycles. The molecule has 0 atom stereocenters. The maximum absolute atomic E-state index is 13.0. The van der Waals surface area contributed by atoms with Crippen LogP contribution in [-0.4, -0.2) is 55.3 Å². The molecule has 2 aliphatic carbocycles. The Morgan fingerprint density at radius 2 is 0.888 bits per heavy atom. The molecular formula is C72H60Cl3N5O9. The van der Waals surface area contributed by atoms with Crippen LogP contribution in [0.25, 0.3) is 43.6 Å². The number of aromatic amines is 2. The van der Waals surface area contributed by atoms with Crippen LogP contribution in [-0.2, 0) is 22.4 Å². The summed E-state index contributed by atoms with van der Waals surface area (Å²) in [6, 6.07) is 49.1. The molecule has 6 N–H and O–H groups in total. The van der Waals surface area contributed by atoms with Gasteiger partial charge in [0.2, 0.25) is 0 Å². The SMILES string of the molecule is CCNC(=O)C(Cl)(Cl)Cl.Cc1ccc(Nc2cc(C(=O)O)c(Nc3ccc(C)cc3)cc2OC=O)cc1.Cc1ccc2c(c1)C(=O)c1cc3[nH]c4ccc(C)cc4c(=O)c3cc1C2.Cc1ccc2c(c1)C(=O)c1cc3[nH]c4ccc(C)cc4c(=O)c3cc1C2. The van der Waals surface area contributed by atoms with Crippen molar-refractivity contribution in [3.63, 3.8) is 0 Å². The number of fused-ring (bicyclic) bond motifs is 8. The highest BCUT2D eigenvalue weighted by Crippen LogP contribution is 2.37. The van der Waals surface area contributed by atoms with E-state index in [2.05, 4.69) is 25.9 Å². The number of carboxylic acid groups (broad SMARTS) is 1. The molecular weight excluding hydrogens is 1190 g/mol. The van der Waals surface area contributed by atoms with Gasteiger partial charge in [-0.1, -0.05) is 129 Å². The number of hydrogen-bond acceptors (Lipinski definition) is 10. The lowest BCUT2D eigenvalue weighted by molar-refractivity contribution is -0.121. The van der Waals surface area contributed by atoms with Crippen molar-refractivity contribution in [2.45, 2.75) is 65.1 Å². The molecule has 0 fully saturated rings. The summed E-state index contributed by atoms with van der Waals surface area (Å²) in [5, 5.41) is 20.9. The summed E-state index contributed by atoms with van der Waals surface area (Å²) in [7, 11) is 0. The highest BCUT2D eigenvalue weighted by Gasteiger charge is 2.30. The van der Waals surface area contributed by atoms with E-state index in [0.29, 0.717) is 69.9 Å². The molecule has 448 valence electrons. The first-order chi connectivity index (χ1) is 42.5. The molecule has 1 amide bonds. The van der Waals surface area contributed by atoms with Crippen LogP contribution in [0.2, 0.25) is 0 Å². The second-order valence-electron chi connectivity index (χ2n) is 22.2. The van der Waals surface area contributed by atoms with Crippen molar-refractivity contribution in [1.82, 2.24) is 15.3 Å². The number of hydrogen-bond donors (Lipinski definition) is 6. The molecule has 0 saturated carbocycles. The zero-order valence-corrected chi connectivity index (χ0v) is 51.8. The van der Waals surface area contributed by atoms with Crippen LogP contribution in [0, 0.1) is 41.5 Å². The number of aryl methyl sites for hydroxylation is 6. The Morgan fingerprint density at radius 3 is 1.29 bits per heavy atom. The van der Waals surface area contributed by atoms with Gasteiger partial charge in [0.15, 0.2) is 28.2 Å². The molecule has 2 aromatic heterocycles. The molecule has 14 nitrogen and oxygen atoms in total. The van der Waals surface area contributed by atoms with E-state index < -0.39 is 15.7 Å². The van der Waals surface area contributed by atoms with Crippen LogP contribution in [0.5, 0.6) is 5.75 Å². The number of amides is 1. The topological polar surface area (TPSA) is 217 Å². The average Bonchev–Trinajstić information content (AvgIpc) is 0.797. The molecule has 0 bridgehead atoms. The first-order valence-electron chi connectivity index (χ1n) is 28.5. The van der Waals surface area contributed by atoms with E-state index in [1.807, 2.05) is 187 Å². The lowest BCUT2D eigenvalue weighted by Gasteiger charge is -2.19. The average molecular weight is 1250 g/mol. The Kier molecular flexibility index (Phi) is 18.1.